The largest absolute Gasteiger partial charge is 0.352 e. The van der Waals surface area contributed by atoms with Crippen LogP contribution in [0.5, 0.6) is 0 Å². The number of hydrogen-bond acceptors (Lipinski definition) is 4. The van der Waals surface area contributed by atoms with Gasteiger partial charge in [0, 0.05) is 13.1 Å². The third-order valence-corrected chi connectivity index (χ3v) is 5.25. The van der Waals surface area contributed by atoms with Crippen LogP contribution in [-0.2, 0) is 10.1 Å². The summed E-state index contributed by atoms with van der Waals surface area (Å²) in [5, 5.41) is 0. The van der Waals surface area contributed by atoms with Crippen LogP contribution in [0.3, 0.4) is 0 Å². The zero-order chi connectivity index (χ0) is 19.2. The van der Waals surface area contributed by atoms with Gasteiger partial charge in [-0.25, -0.2) is 0 Å². The molecule has 0 saturated carbocycles. The van der Waals surface area contributed by atoms with Gasteiger partial charge in [-0.2, -0.15) is 8.42 Å². The van der Waals surface area contributed by atoms with Crippen LogP contribution in [0.15, 0.2) is 53.4 Å². The van der Waals surface area contributed by atoms with Gasteiger partial charge in [0.2, 0.25) is 0 Å². The number of fused-ring (bicyclic) bond motifs is 1. The molecule has 5 nitrogen and oxygen atoms in total. The molecule has 1 aliphatic heterocycles. The molecule has 0 unspecified atom stereocenters. The van der Waals surface area contributed by atoms with Crippen LogP contribution in [0, 0.1) is 6.92 Å². The number of rotatable bonds is 5. The van der Waals surface area contributed by atoms with Crippen LogP contribution in [-0.4, -0.2) is 32.7 Å². The standard InChI is InChI=1S/C13H20N2.C7H8O3S/c1-3-5-10-15-11-14(4-2)12-8-6-7-9-13(12)15;1-6-2-4-7(5-3-6)11(8,9)10/h6-9H,3-5,10-11H2,1-2H3;2-5H,1H3,(H,8,9,10). The fourth-order valence-corrected chi connectivity index (χ4v) is 3.36. The fraction of sp³-hybridized carbons (Fsp3) is 0.400. The van der Waals surface area contributed by atoms with Crippen molar-refractivity contribution in [3.63, 3.8) is 0 Å². The first-order valence-electron chi connectivity index (χ1n) is 9.00. The molecule has 0 atom stereocenters. The Balaban J connectivity index is 0.000000197. The molecule has 2 aromatic rings. The second kappa shape index (κ2) is 9.05. The number of nitrogens with zero attached hydrogens (tertiary/aromatic N) is 2. The molecule has 2 aromatic carbocycles. The van der Waals surface area contributed by atoms with Gasteiger partial charge in [-0.15, -0.1) is 0 Å². The third-order valence-electron chi connectivity index (χ3n) is 4.39. The van der Waals surface area contributed by atoms with E-state index < -0.39 is 10.1 Å². The Morgan fingerprint density at radius 1 is 0.962 bits per heavy atom. The molecule has 0 radical (unpaired) electrons. The predicted octanol–water partition coefficient (Wildman–Crippen LogP) is 4.33. The summed E-state index contributed by atoms with van der Waals surface area (Å²) in [6, 6.07) is 14.7. The van der Waals surface area contributed by atoms with E-state index in [1.165, 1.54) is 42.9 Å². The molecule has 1 aliphatic rings. The van der Waals surface area contributed by atoms with Crippen molar-refractivity contribution >= 4 is 21.5 Å². The van der Waals surface area contributed by atoms with Crippen LogP contribution in [0.1, 0.15) is 32.3 Å². The van der Waals surface area contributed by atoms with Crippen LogP contribution < -0.4 is 9.80 Å². The second-order valence-corrected chi connectivity index (χ2v) is 7.81. The van der Waals surface area contributed by atoms with Crippen molar-refractivity contribution in [3.8, 4) is 0 Å². The minimum Gasteiger partial charge on any atom is -0.352 e. The van der Waals surface area contributed by atoms with Gasteiger partial charge in [-0.3, -0.25) is 4.55 Å². The Bertz CT molecular complexity index is 804. The van der Waals surface area contributed by atoms with Crippen LogP contribution in [0.25, 0.3) is 0 Å². The smallest absolute Gasteiger partial charge is 0.294 e. The monoisotopic (exact) mass is 376 g/mol. The zero-order valence-corrected chi connectivity index (χ0v) is 16.5. The van der Waals surface area contributed by atoms with E-state index in [4.69, 9.17) is 4.55 Å². The number of hydrogen-bond donors (Lipinski definition) is 1. The Hall–Kier alpha value is -2.05. The average Bonchev–Trinajstić information content (AvgIpc) is 2.98. The van der Waals surface area contributed by atoms with Gasteiger partial charge in [-0.05, 0) is 44.5 Å². The highest BCUT2D eigenvalue weighted by Gasteiger charge is 2.23. The maximum atomic E-state index is 10.5. The summed E-state index contributed by atoms with van der Waals surface area (Å²) in [6.07, 6.45) is 2.55. The molecule has 142 valence electrons. The number of anilines is 2. The first kappa shape index (κ1) is 20.3. The van der Waals surface area contributed by atoms with Gasteiger partial charge in [0.25, 0.3) is 10.1 Å². The molecule has 0 spiro atoms. The van der Waals surface area contributed by atoms with E-state index in [9.17, 15) is 8.42 Å². The minimum atomic E-state index is -4.02. The Kier molecular flexibility index (Phi) is 7.06. The lowest BCUT2D eigenvalue weighted by Crippen LogP contribution is -2.31. The lowest BCUT2D eigenvalue weighted by molar-refractivity contribution is 0.483. The lowest BCUT2D eigenvalue weighted by atomic mass is 10.2. The Morgan fingerprint density at radius 3 is 2.04 bits per heavy atom. The fourth-order valence-electron chi connectivity index (χ4n) is 2.88. The molecule has 0 saturated heterocycles. The third kappa shape index (κ3) is 5.22. The molecule has 0 fully saturated rings. The number of aryl methyl sites for hydroxylation is 1. The van der Waals surface area contributed by atoms with E-state index in [2.05, 4.69) is 47.9 Å². The maximum Gasteiger partial charge on any atom is 0.294 e. The molecule has 1 N–H and O–H groups in total. The molecule has 1 heterocycles. The van der Waals surface area contributed by atoms with Crippen molar-refractivity contribution in [2.45, 2.75) is 38.5 Å². The van der Waals surface area contributed by atoms with Gasteiger partial charge in [0.1, 0.15) is 0 Å². The highest BCUT2D eigenvalue weighted by molar-refractivity contribution is 7.85. The first-order chi connectivity index (χ1) is 12.4. The van der Waals surface area contributed by atoms with Crippen molar-refractivity contribution < 1.29 is 13.0 Å². The van der Waals surface area contributed by atoms with Crippen molar-refractivity contribution in [1.82, 2.24) is 0 Å². The normalized spacial score (nSPS) is 13.2. The molecular formula is C20H28N2O3S. The average molecular weight is 377 g/mol. The van der Waals surface area contributed by atoms with Crippen molar-refractivity contribution in [2.75, 3.05) is 29.6 Å². The van der Waals surface area contributed by atoms with E-state index in [0.29, 0.717) is 0 Å². The molecule has 6 heteroatoms. The van der Waals surface area contributed by atoms with Gasteiger partial charge in [0.05, 0.1) is 22.9 Å². The molecular weight excluding hydrogens is 348 g/mol. The predicted molar refractivity (Wildman–Crippen MR) is 108 cm³/mol. The van der Waals surface area contributed by atoms with Gasteiger partial charge in [0.15, 0.2) is 0 Å². The maximum absolute atomic E-state index is 10.5. The van der Waals surface area contributed by atoms with Crippen LogP contribution >= 0.6 is 0 Å². The van der Waals surface area contributed by atoms with Crippen LogP contribution in [0.2, 0.25) is 0 Å². The Labute approximate surface area is 157 Å². The molecule has 0 bridgehead atoms. The van der Waals surface area contributed by atoms with Gasteiger partial charge in [-0.1, -0.05) is 43.2 Å². The number of benzene rings is 2. The lowest BCUT2D eigenvalue weighted by Gasteiger charge is -2.20. The van der Waals surface area contributed by atoms with Crippen LogP contribution in [0.4, 0.5) is 11.4 Å². The summed E-state index contributed by atoms with van der Waals surface area (Å²) < 4.78 is 29.6. The highest BCUT2D eigenvalue weighted by Crippen LogP contribution is 2.35. The van der Waals surface area contributed by atoms with Gasteiger partial charge < -0.3 is 9.80 Å². The highest BCUT2D eigenvalue weighted by atomic mass is 32.2. The summed E-state index contributed by atoms with van der Waals surface area (Å²) in [5.41, 5.74) is 3.77. The Morgan fingerprint density at radius 2 is 1.54 bits per heavy atom. The summed E-state index contributed by atoms with van der Waals surface area (Å²) in [7, 11) is -4.02. The van der Waals surface area contributed by atoms with E-state index in [0.717, 1.165) is 18.8 Å². The molecule has 3 rings (SSSR count). The van der Waals surface area contributed by atoms with E-state index in [-0.39, 0.29) is 4.90 Å². The summed E-state index contributed by atoms with van der Waals surface area (Å²) in [5.74, 6) is 0. The van der Waals surface area contributed by atoms with Crippen molar-refractivity contribution in [3.05, 3.63) is 54.1 Å². The molecule has 26 heavy (non-hydrogen) atoms. The van der Waals surface area contributed by atoms with Crippen molar-refractivity contribution in [2.24, 2.45) is 0 Å². The van der Waals surface area contributed by atoms with E-state index in [1.54, 1.807) is 12.1 Å². The molecule has 0 aromatic heterocycles. The van der Waals surface area contributed by atoms with E-state index >= 15 is 0 Å². The first-order valence-corrected chi connectivity index (χ1v) is 10.4. The van der Waals surface area contributed by atoms with Gasteiger partial charge >= 0.3 is 0 Å². The zero-order valence-electron chi connectivity index (χ0n) is 15.7. The number of unbranched alkanes of at least 4 members (excludes halogenated alkanes) is 1. The van der Waals surface area contributed by atoms with Crippen molar-refractivity contribution in [1.29, 1.82) is 0 Å². The number of para-hydroxylation sites is 2. The topological polar surface area (TPSA) is 60.9 Å². The second-order valence-electron chi connectivity index (χ2n) is 6.39. The quantitative estimate of drug-likeness (QED) is 0.787. The van der Waals surface area contributed by atoms with E-state index in [1.807, 2.05) is 6.92 Å². The minimum absolute atomic E-state index is 0.0666. The molecule has 0 amide bonds. The summed E-state index contributed by atoms with van der Waals surface area (Å²) >= 11 is 0. The summed E-state index contributed by atoms with van der Waals surface area (Å²) in [4.78, 5) is 4.86. The molecule has 0 aliphatic carbocycles. The summed E-state index contributed by atoms with van der Waals surface area (Å²) in [6.45, 7) is 9.66. The SMILES string of the molecule is CCCCN1CN(CC)c2ccccc21.Cc1ccc(S(=O)(=O)O)cc1.